The summed E-state index contributed by atoms with van der Waals surface area (Å²) in [5.41, 5.74) is 14.0. The maximum atomic E-state index is 11.1. The van der Waals surface area contributed by atoms with Crippen molar-refractivity contribution in [3.8, 4) is 0 Å². The minimum Gasteiger partial charge on any atom is -0.396 e. The van der Waals surface area contributed by atoms with E-state index in [1.807, 2.05) is 31.2 Å². The van der Waals surface area contributed by atoms with Crippen molar-refractivity contribution in [3.63, 3.8) is 0 Å². The molecule has 0 fully saturated rings. The highest BCUT2D eigenvalue weighted by Crippen LogP contribution is 2.17. The molecule has 0 atom stereocenters. The Labute approximate surface area is 111 Å². The average molecular weight is 256 g/mol. The number of pyridine rings is 1. The summed E-state index contributed by atoms with van der Waals surface area (Å²) in [5, 5.41) is 3.12. The number of amides is 1. The Balaban J connectivity index is 2.17. The normalized spacial score (nSPS) is 10.2. The van der Waals surface area contributed by atoms with Crippen LogP contribution in [0.5, 0.6) is 0 Å². The van der Waals surface area contributed by atoms with Crippen LogP contribution < -0.4 is 16.8 Å². The summed E-state index contributed by atoms with van der Waals surface area (Å²) >= 11 is 0. The van der Waals surface area contributed by atoms with Gasteiger partial charge in [0.25, 0.3) is 5.91 Å². The summed E-state index contributed by atoms with van der Waals surface area (Å²) in [5.74, 6) is -0.0986. The number of hydrogen-bond donors (Lipinski definition) is 3. The van der Waals surface area contributed by atoms with E-state index in [9.17, 15) is 4.79 Å². The summed E-state index contributed by atoms with van der Waals surface area (Å²) in [6.07, 6.45) is 0. The van der Waals surface area contributed by atoms with E-state index in [-0.39, 0.29) is 5.69 Å². The molecular weight excluding hydrogens is 240 g/mol. The molecule has 0 saturated heterocycles. The predicted octanol–water partition coefficient (Wildman–Crippen LogP) is 1.68. The van der Waals surface area contributed by atoms with Crippen LogP contribution in [0.2, 0.25) is 0 Å². The minimum absolute atomic E-state index is 0.196. The molecule has 2 rings (SSSR count). The Hall–Kier alpha value is -2.56. The molecule has 5 N–H and O–H groups in total. The topological polar surface area (TPSA) is 94.0 Å². The van der Waals surface area contributed by atoms with Gasteiger partial charge in [-0.3, -0.25) is 4.79 Å². The van der Waals surface area contributed by atoms with Gasteiger partial charge in [0.05, 0.1) is 5.69 Å². The van der Waals surface area contributed by atoms with Crippen LogP contribution in [-0.4, -0.2) is 10.9 Å². The third kappa shape index (κ3) is 3.01. The van der Waals surface area contributed by atoms with Crippen molar-refractivity contribution in [1.82, 2.24) is 4.98 Å². The molecule has 5 nitrogen and oxygen atoms in total. The van der Waals surface area contributed by atoms with Crippen LogP contribution in [0.15, 0.2) is 36.4 Å². The van der Waals surface area contributed by atoms with Crippen LogP contribution in [0.4, 0.5) is 11.5 Å². The fourth-order valence-corrected chi connectivity index (χ4v) is 1.74. The number of nitrogen functional groups attached to an aromatic ring is 1. The Bertz CT molecular complexity index is 610. The lowest BCUT2D eigenvalue weighted by Gasteiger charge is -2.10. The van der Waals surface area contributed by atoms with Gasteiger partial charge in [0.15, 0.2) is 0 Å². The second-order valence-electron chi connectivity index (χ2n) is 4.28. The molecule has 19 heavy (non-hydrogen) atoms. The van der Waals surface area contributed by atoms with Crippen LogP contribution in [0.1, 0.15) is 21.6 Å². The van der Waals surface area contributed by atoms with E-state index in [1.54, 1.807) is 6.07 Å². The molecular formula is C14H16N4O. The third-order valence-electron chi connectivity index (χ3n) is 2.89. The zero-order chi connectivity index (χ0) is 13.8. The van der Waals surface area contributed by atoms with Gasteiger partial charge < -0.3 is 16.8 Å². The Morgan fingerprint density at radius 3 is 2.68 bits per heavy atom. The molecule has 2 aromatic rings. The number of carbonyl (C=O) groups is 1. The van der Waals surface area contributed by atoms with Crippen LogP contribution >= 0.6 is 0 Å². The smallest absolute Gasteiger partial charge is 0.267 e. The second-order valence-corrected chi connectivity index (χ2v) is 4.28. The van der Waals surface area contributed by atoms with Crippen molar-refractivity contribution in [2.45, 2.75) is 13.5 Å². The molecule has 0 aliphatic heterocycles. The SMILES string of the molecule is Cc1ccccc1CNc1nc(C(N)=O)ccc1N. The van der Waals surface area contributed by atoms with Gasteiger partial charge in [0.2, 0.25) is 0 Å². The molecule has 0 aliphatic carbocycles. The number of primary amides is 1. The number of hydrogen-bond acceptors (Lipinski definition) is 4. The Morgan fingerprint density at radius 1 is 1.26 bits per heavy atom. The van der Waals surface area contributed by atoms with Crippen LogP contribution in [0, 0.1) is 6.92 Å². The predicted molar refractivity (Wildman–Crippen MR) is 75.7 cm³/mol. The monoisotopic (exact) mass is 256 g/mol. The lowest BCUT2D eigenvalue weighted by atomic mass is 10.1. The first-order valence-corrected chi connectivity index (χ1v) is 5.92. The number of anilines is 2. The molecule has 1 heterocycles. The van der Waals surface area contributed by atoms with Crippen molar-refractivity contribution >= 4 is 17.4 Å². The first-order chi connectivity index (χ1) is 9.08. The number of nitrogens with zero attached hydrogens (tertiary/aromatic N) is 1. The molecule has 0 aliphatic rings. The number of rotatable bonds is 4. The van der Waals surface area contributed by atoms with E-state index >= 15 is 0 Å². The van der Waals surface area contributed by atoms with E-state index in [1.165, 1.54) is 11.6 Å². The van der Waals surface area contributed by atoms with Crippen LogP contribution in [-0.2, 0) is 6.54 Å². The zero-order valence-electron chi connectivity index (χ0n) is 10.7. The molecule has 1 aromatic carbocycles. The molecule has 0 unspecified atom stereocenters. The Morgan fingerprint density at radius 2 is 2.00 bits per heavy atom. The Kier molecular flexibility index (Phi) is 3.66. The summed E-state index contributed by atoms with van der Waals surface area (Å²) in [7, 11) is 0. The first kappa shape index (κ1) is 12.9. The number of aryl methyl sites for hydroxylation is 1. The van der Waals surface area contributed by atoms with Gasteiger partial charge in [0.1, 0.15) is 11.5 Å². The lowest BCUT2D eigenvalue weighted by molar-refractivity contribution is 0.0996. The van der Waals surface area contributed by atoms with E-state index < -0.39 is 5.91 Å². The highest BCUT2D eigenvalue weighted by molar-refractivity contribution is 5.91. The molecule has 0 spiro atoms. The van der Waals surface area contributed by atoms with Crippen molar-refractivity contribution in [2.75, 3.05) is 11.1 Å². The molecule has 0 bridgehead atoms. The number of nitrogens with two attached hydrogens (primary N) is 2. The van der Waals surface area contributed by atoms with Gasteiger partial charge in [0, 0.05) is 6.54 Å². The van der Waals surface area contributed by atoms with Crippen molar-refractivity contribution < 1.29 is 4.79 Å². The van der Waals surface area contributed by atoms with Crippen molar-refractivity contribution in [1.29, 1.82) is 0 Å². The molecule has 0 radical (unpaired) electrons. The summed E-state index contributed by atoms with van der Waals surface area (Å²) in [6, 6.07) is 11.1. The first-order valence-electron chi connectivity index (χ1n) is 5.92. The molecule has 1 amide bonds. The van der Waals surface area contributed by atoms with E-state index in [2.05, 4.69) is 10.3 Å². The molecule has 5 heteroatoms. The quantitative estimate of drug-likeness (QED) is 0.775. The number of nitrogens with one attached hydrogen (secondary N) is 1. The van der Waals surface area contributed by atoms with Crippen LogP contribution in [0.25, 0.3) is 0 Å². The fourth-order valence-electron chi connectivity index (χ4n) is 1.74. The zero-order valence-corrected chi connectivity index (χ0v) is 10.7. The van der Waals surface area contributed by atoms with Gasteiger partial charge >= 0.3 is 0 Å². The standard InChI is InChI=1S/C14H16N4O/c1-9-4-2-3-5-10(9)8-17-14-11(15)6-7-12(18-14)13(16)19/h2-7H,8,15H2,1H3,(H2,16,19)(H,17,18). The maximum absolute atomic E-state index is 11.1. The lowest BCUT2D eigenvalue weighted by Crippen LogP contribution is -2.15. The summed E-state index contributed by atoms with van der Waals surface area (Å²) < 4.78 is 0. The van der Waals surface area contributed by atoms with Gasteiger partial charge in [-0.2, -0.15) is 0 Å². The summed E-state index contributed by atoms with van der Waals surface area (Å²) in [6.45, 7) is 2.62. The highest BCUT2D eigenvalue weighted by Gasteiger charge is 2.07. The summed E-state index contributed by atoms with van der Waals surface area (Å²) in [4.78, 5) is 15.2. The largest absolute Gasteiger partial charge is 0.396 e. The second kappa shape index (κ2) is 5.39. The molecule has 0 saturated carbocycles. The van der Waals surface area contributed by atoms with E-state index in [0.717, 1.165) is 5.56 Å². The molecule has 1 aromatic heterocycles. The fraction of sp³-hybridized carbons (Fsp3) is 0.143. The number of benzene rings is 1. The van der Waals surface area contributed by atoms with Gasteiger partial charge in [-0.15, -0.1) is 0 Å². The van der Waals surface area contributed by atoms with E-state index in [4.69, 9.17) is 11.5 Å². The number of aromatic nitrogens is 1. The van der Waals surface area contributed by atoms with Gasteiger partial charge in [-0.1, -0.05) is 24.3 Å². The van der Waals surface area contributed by atoms with Gasteiger partial charge in [-0.05, 0) is 30.2 Å². The average Bonchev–Trinajstić information content (AvgIpc) is 2.39. The number of carbonyl (C=O) groups excluding carboxylic acids is 1. The minimum atomic E-state index is -0.570. The molecule has 98 valence electrons. The highest BCUT2D eigenvalue weighted by atomic mass is 16.1. The van der Waals surface area contributed by atoms with Crippen LogP contribution in [0.3, 0.4) is 0 Å². The maximum Gasteiger partial charge on any atom is 0.267 e. The van der Waals surface area contributed by atoms with Gasteiger partial charge in [-0.25, -0.2) is 4.98 Å². The van der Waals surface area contributed by atoms with Crippen molar-refractivity contribution in [2.24, 2.45) is 5.73 Å². The van der Waals surface area contributed by atoms with E-state index in [0.29, 0.717) is 18.1 Å². The third-order valence-corrected chi connectivity index (χ3v) is 2.89. The van der Waals surface area contributed by atoms with Crippen molar-refractivity contribution in [3.05, 3.63) is 53.2 Å².